The number of thiophene rings is 1. The zero-order chi connectivity index (χ0) is 13.5. The monoisotopic (exact) mass is 559 g/mol. The van der Waals surface area contributed by atoms with Gasteiger partial charge in [0.25, 0.3) is 0 Å². The van der Waals surface area contributed by atoms with Gasteiger partial charge < -0.3 is 4.98 Å². The van der Waals surface area contributed by atoms with Crippen LogP contribution in [0.3, 0.4) is 0 Å². The number of hydrogen-bond acceptors (Lipinski definition) is 3. The molecule has 0 aliphatic heterocycles. The van der Waals surface area contributed by atoms with Gasteiger partial charge in [-0.2, -0.15) is 12.1 Å². The summed E-state index contributed by atoms with van der Waals surface area (Å²) in [6.07, 6.45) is 1.78. The van der Waals surface area contributed by atoms with Crippen LogP contribution in [0.4, 0.5) is 0 Å². The van der Waals surface area contributed by atoms with Crippen LogP contribution < -0.4 is 0 Å². The van der Waals surface area contributed by atoms with E-state index in [9.17, 15) is 0 Å². The molecule has 0 aliphatic rings. The summed E-state index contributed by atoms with van der Waals surface area (Å²) < 4.78 is 0. The minimum atomic E-state index is 0.893. The smallest absolute Gasteiger partial charge is 0.0873 e. The zero-order valence-electron chi connectivity index (χ0n) is 9.69. The van der Waals surface area contributed by atoms with E-state index in [1.807, 2.05) is 47.8 Å². The second kappa shape index (κ2) is 7.87. The fourth-order valence-electron chi connectivity index (χ4n) is 1.60. The van der Waals surface area contributed by atoms with Gasteiger partial charge in [-0.25, -0.2) is 11.3 Å². The van der Waals surface area contributed by atoms with Crippen molar-refractivity contribution < 1.29 is 16.1 Å². The van der Waals surface area contributed by atoms with Gasteiger partial charge in [-0.15, -0.1) is 5.38 Å². The number of halogens is 1. The van der Waals surface area contributed by atoms with Crippen molar-refractivity contribution in [3.8, 4) is 22.0 Å². The van der Waals surface area contributed by atoms with E-state index in [1.54, 1.807) is 17.5 Å². The molecule has 3 aromatic rings. The Bertz CT molecular complexity index is 614. The van der Waals surface area contributed by atoms with E-state index in [0.717, 1.165) is 22.0 Å². The molecule has 0 atom stereocenters. The Morgan fingerprint density at radius 3 is 2.47 bits per heavy atom. The number of pyridine rings is 2. The second-order valence-electron chi connectivity index (χ2n) is 3.52. The maximum atomic E-state index is 4.60. The summed E-state index contributed by atoms with van der Waals surface area (Å²) in [6.45, 7) is 0. The van der Waals surface area contributed by atoms with Gasteiger partial charge in [0.15, 0.2) is 0 Å². The van der Waals surface area contributed by atoms with Gasteiger partial charge >= 0.3 is 35.5 Å². The Hall–Kier alpha value is -0.582. The van der Waals surface area contributed by atoms with Crippen molar-refractivity contribution in [3.63, 3.8) is 0 Å². The van der Waals surface area contributed by atoms with Crippen LogP contribution in [0.1, 0.15) is 0 Å². The zero-order valence-corrected chi connectivity index (χ0v) is 14.9. The van der Waals surface area contributed by atoms with Gasteiger partial charge in [-0.1, -0.05) is 23.1 Å². The first-order valence-electron chi connectivity index (χ1n) is 5.39. The number of rotatable bonds is 2. The molecule has 98 valence electrons. The van der Waals surface area contributed by atoms with Crippen LogP contribution in [0.5, 0.6) is 0 Å². The van der Waals surface area contributed by atoms with Gasteiger partial charge in [-0.3, -0.25) is 4.98 Å². The quantitative estimate of drug-likeness (QED) is 0.340. The standard InChI is InChI=1S/C14H9N2S.HI.Pt/c1-2-9-15-11(5-1)12-6-3-7-13(16-12)14-8-4-10-17-14;;/h1-7,9-10H;1H;/q-1;;+2/p-1. The molecule has 5 heteroatoms. The molecule has 0 N–H and O–H groups in total. The molecule has 0 amide bonds. The minimum absolute atomic E-state index is 0.893. The topological polar surface area (TPSA) is 25.8 Å². The Morgan fingerprint density at radius 1 is 1.00 bits per heavy atom. The number of aromatic nitrogens is 2. The third-order valence-corrected chi connectivity index (χ3v) is 3.21. The van der Waals surface area contributed by atoms with Crippen LogP contribution in [-0.2, 0) is 16.1 Å². The number of nitrogens with zero attached hydrogens (tertiary/aromatic N) is 2. The van der Waals surface area contributed by atoms with E-state index in [1.165, 1.54) is 0 Å². The molecule has 0 aliphatic carbocycles. The van der Waals surface area contributed by atoms with Gasteiger partial charge in [0.1, 0.15) is 0 Å². The predicted molar refractivity (Wildman–Crippen MR) is 83.6 cm³/mol. The van der Waals surface area contributed by atoms with Crippen LogP contribution in [0.25, 0.3) is 22.0 Å². The first kappa shape index (κ1) is 14.8. The molecule has 0 saturated heterocycles. The van der Waals surface area contributed by atoms with E-state index in [0.29, 0.717) is 0 Å². The molecule has 0 saturated carbocycles. The molecule has 0 aromatic carbocycles. The average molecular weight is 559 g/mol. The maximum Gasteiger partial charge on any atom is 0.0873 e. The van der Waals surface area contributed by atoms with E-state index in [2.05, 4.69) is 51.5 Å². The van der Waals surface area contributed by atoms with Crippen molar-refractivity contribution >= 4 is 30.7 Å². The SMILES string of the molecule is [I][Pt+].[c-]1ccsc1-c1cccc(-c2ccccn2)n1. The van der Waals surface area contributed by atoms with Crippen molar-refractivity contribution in [2.24, 2.45) is 0 Å². The van der Waals surface area contributed by atoms with Crippen molar-refractivity contribution in [2.75, 3.05) is 0 Å². The Labute approximate surface area is 138 Å². The molecule has 0 spiro atoms. The third kappa shape index (κ3) is 3.94. The van der Waals surface area contributed by atoms with E-state index < -0.39 is 0 Å². The maximum absolute atomic E-state index is 4.60. The van der Waals surface area contributed by atoms with Crippen molar-refractivity contribution in [1.82, 2.24) is 9.97 Å². The summed E-state index contributed by atoms with van der Waals surface area (Å²) in [4.78, 5) is 9.96. The van der Waals surface area contributed by atoms with E-state index in [-0.39, 0.29) is 0 Å². The summed E-state index contributed by atoms with van der Waals surface area (Å²) >= 11 is 5.87. The van der Waals surface area contributed by atoms with Crippen LogP contribution in [0.2, 0.25) is 0 Å². The van der Waals surface area contributed by atoms with Gasteiger partial charge in [0.05, 0.1) is 11.4 Å². The van der Waals surface area contributed by atoms with E-state index >= 15 is 0 Å². The minimum Gasteiger partial charge on any atom is -0.309 e. The fraction of sp³-hybridized carbons (Fsp3) is 0. The molecule has 0 unspecified atom stereocenters. The van der Waals surface area contributed by atoms with Crippen LogP contribution >= 0.6 is 30.7 Å². The third-order valence-electron chi connectivity index (χ3n) is 2.38. The molecule has 3 aromatic heterocycles. The molecule has 2 nitrogen and oxygen atoms in total. The Balaban J connectivity index is 0.000000637. The van der Waals surface area contributed by atoms with Gasteiger partial charge in [-0.05, 0) is 23.9 Å². The summed E-state index contributed by atoms with van der Waals surface area (Å²) in [5, 5.41) is 2.00. The van der Waals surface area contributed by atoms with Gasteiger partial charge in [0, 0.05) is 6.20 Å². The number of hydrogen-bond donors (Lipinski definition) is 0. The summed E-state index contributed by atoms with van der Waals surface area (Å²) in [6, 6.07) is 16.9. The molecule has 19 heavy (non-hydrogen) atoms. The van der Waals surface area contributed by atoms with Crippen LogP contribution in [0.15, 0.2) is 54.0 Å². The Kier molecular flexibility index (Phi) is 6.14. The molecular weight excluding hydrogens is 550 g/mol. The molecule has 3 heterocycles. The average Bonchev–Trinajstić information content (AvgIpc) is 3.05. The predicted octanol–water partition coefficient (Wildman–Crippen LogP) is 4.56. The molecular formula is C14H9IN2PtS. The summed E-state index contributed by atoms with van der Waals surface area (Å²) in [7, 11) is 0. The normalized spacial score (nSPS) is 9.63. The van der Waals surface area contributed by atoms with Crippen molar-refractivity contribution in [1.29, 1.82) is 0 Å². The second-order valence-corrected chi connectivity index (χ2v) is 4.43. The van der Waals surface area contributed by atoms with Crippen LogP contribution in [-0.4, -0.2) is 9.97 Å². The first-order valence-corrected chi connectivity index (χ1v) is 12.7. The fourth-order valence-corrected chi connectivity index (χ4v) is 2.24. The first-order chi connectivity index (χ1) is 9.43. The summed E-state index contributed by atoms with van der Waals surface area (Å²) in [5.74, 6) is 0. The molecule has 3 rings (SSSR count). The van der Waals surface area contributed by atoms with Crippen LogP contribution in [0, 0.1) is 6.07 Å². The molecule has 0 fully saturated rings. The molecule has 0 bridgehead atoms. The largest absolute Gasteiger partial charge is 0.309 e. The van der Waals surface area contributed by atoms with Crippen molar-refractivity contribution in [3.05, 3.63) is 60.1 Å². The summed E-state index contributed by atoms with van der Waals surface area (Å²) in [5.41, 5.74) is 2.74. The van der Waals surface area contributed by atoms with E-state index in [4.69, 9.17) is 0 Å². The van der Waals surface area contributed by atoms with Gasteiger partial charge in [0.2, 0.25) is 0 Å². The van der Waals surface area contributed by atoms with Crippen molar-refractivity contribution in [2.45, 2.75) is 0 Å². The molecule has 0 radical (unpaired) electrons. The Morgan fingerprint density at radius 2 is 1.79 bits per heavy atom.